The summed E-state index contributed by atoms with van der Waals surface area (Å²) in [4.78, 5) is 25.8. The molecule has 144 valence electrons. The van der Waals surface area contributed by atoms with Gasteiger partial charge in [-0.2, -0.15) is 0 Å². The standard InChI is InChI=1S/C23H28O4/c1-5-17-11-7-9-13-19(17)15-23(21(24)26-3,22(25)27-4)16-20-14-10-8-12-18(20)6-2/h1-2H,7-16H2,3-4H3. The Kier molecular flexibility index (Phi) is 7.31. The maximum Gasteiger partial charge on any atom is 0.323 e. The molecule has 0 fully saturated rings. The second kappa shape index (κ2) is 9.47. The molecule has 0 aromatic carbocycles. The molecule has 0 aliphatic heterocycles. The first-order chi connectivity index (χ1) is 13.0. The zero-order valence-electron chi connectivity index (χ0n) is 16.4. The lowest BCUT2D eigenvalue weighted by Gasteiger charge is -2.33. The van der Waals surface area contributed by atoms with Crippen LogP contribution in [0.25, 0.3) is 0 Å². The highest BCUT2D eigenvalue weighted by molar-refractivity contribution is 6.00. The summed E-state index contributed by atoms with van der Waals surface area (Å²) in [5, 5.41) is 0. The molecule has 2 aliphatic rings. The number of rotatable bonds is 6. The van der Waals surface area contributed by atoms with E-state index in [1.165, 1.54) is 14.2 Å². The van der Waals surface area contributed by atoms with Gasteiger partial charge in [0, 0.05) is 11.1 Å². The Labute approximate surface area is 162 Å². The number of methoxy groups -OCH3 is 2. The van der Waals surface area contributed by atoms with Gasteiger partial charge in [-0.3, -0.25) is 9.59 Å². The van der Waals surface area contributed by atoms with E-state index < -0.39 is 17.4 Å². The Morgan fingerprint density at radius 3 is 1.52 bits per heavy atom. The summed E-state index contributed by atoms with van der Waals surface area (Å²) in [6, 6.07) is 0. The highest BCUT2D eigenvalue weighted by atomic mass is 16.5. The maximum absolute atomic E-state index is 12.9. The van der Waals surface area contributed by atoms with Crippen LogP contribution in [-0.2, 0) is 19.1 Å². The smallest absolute Gasteiger partial charge is 0.323 e. The van der Waals surface area contributed by atoms with Crippen molar-refractivity contribution in [2.75, 3.05) is 14.2 Å². The lowest BCUT2D eigenvalue weighted by atomic mass is 9.71. The Morgan fingerprint density at radius 1 is 0.815 bits per heavy atom. The van der Waals surface area contributed by atoms with Crippen LogP contribution in [0.1, 0.15) is 64.2 Å². The van der Waals surface area contributed by atoms with Crippen LogP contribution in [0.3, 0.4) is 0 Å². The van der Waals surface area contributed by atoms with Crippen molar-refractivity contribution >= 4 is 11.9 Å². The van der Waals surface area contributed by atoms with E-state index in [-0.39, 0.29) is 12.8 Å². The predicted molar refractivity (Wildman–Crippen MR) is 104 cm³/mol. The van der Waals surface area contributed by atoms with E-state index in [4.69, 9.17) is 22.3 Å². The summed E-state index contributed by atoms with van der Waals surface area (Å²) in [5.41, 5.74) is 2.32. The molecule has 0 spiro atoms. The lowest BCUT2D eigenvalue weighted by Crippen LogP contribution is -2.42. The van der Waals surface area contributed by atoms with Crippen molar-refractivity contribution in [3.8, 4) is 24.7 Å². The lowest BCUT2D eigenvalue weighted by molar-refractivity contribution is -0.169. The van der Waals surface area contributed by atoms with Crippen LogP contribution in [0.15, 0.2) is 22.3 Å². The molecular weight excluding hydrogens is 340 g/mol. The van der Waals surface area contributed by atoms with Crippen LogP contribution in [0.4, 0.5) is 0 Å². The highest BCUT2D eigenvalue weighted by Crippen LogP contribution is 2.43. The van der Waals surface area contributed by atoms with Crippen molar-refractivity contribution in [3.63, 3.8) is 0 Å². The molecule has 0 aromatic heterocycles. The van der Waals surface area contributed by atoms with Crippen molar-refractivity contribution in [1.82, 2.24) is 0 Å². The van der Waals surface area contributed by atoms with Crippen molar-refractivity contribution in [2.24, 2.45) is 5.41 Å². The zero-order chi connectivity index (χ0) is 19.9. The molecule has 0 radical (unpaired) electrons. The van der Waals surface area contributed by atoms with Gasteiger partial charge in [0.2, 0.25) is 0 Å². The topological polar surface area (TPSA) is 52.6 Å². The first-order valence-corrected chi connectivity index (χ1v) is 9.54. The predicted octanol–water partition coefficient (Wildman–Crippen LogP) is 4.11. The molecule has 2 rings (SSSR count). The van der Waals surface area contributed by atoms with Gasteiger partial charge in [-0.05, 0) is 64.2 Å². The van der Waals surface area contributed by atoms with Gasteiger partial charge in [-0.25, -0.2) is 0 Å². The average molecular weight is 368 g/mol. The molecule has 0 unspecified atom stereocenters. The van der Waals surface area contributed by atoms with Crippen molar-refractivity contribution in [3.05, 3.63) is 22.3 Å². The minimum atomic E-state index is -1.44. The molecule has 0 bridgehead atoms. The molecule has 4 heteroatoms. The number of carbonyl (C=O) groups is 2. The van der Waals surface area contributed by atoms with Crippen LogP contribution < -0.4 is 0 Å². The van der Waals surface area contributed by atoms with Gasteiger partial charge in [0.1, 0.15) is 0 Å². The Balaban J connectivity index is 2.53. The maximum atomic E-state index is 12.9. The van der Waals surface area contributed by atoms with E-state index in [2.05, 4.69) is 11.8 Å². The Bertz CT molecular complexity index is 675. The molecule has 2 aliphatic carbocycles. The minimum Gasteiger partial charge on any atom is -0.468 e. The van der Waals surface area contributed by atoms with E-state index in [1.807, 2.05) is 0 Å². The first kappa shape index (κ1) is 20.8. The van der Waals surface area contributed by atoms with Crippen LogP contribution in [0, 0.1) is 30.1 Å². The molecule has 0 atom stereocenters. The monoisotopic (exact) mass is 368 g/mol. The first-order valence-electron chi connectivity index (χ1n) is 9.54. The van der Waals surface area contributed by atoms with Gasteiger partial charge in [-0.1, -0.05) is 23.0 Å². The summed E-state index contributed by atoms with van der Waals surface area (Å²) in [6.07, 6.45) is 19.1. The van der Waals surface area contributed by atoms with Gasteiger partial charge < -0.3 is 9.47 Å². The van der Waals surface area contributed by atoms with E-state index >= 15 is 0 Å². The largest absolute Gasteiger partial charge is 0.468 e. The van der Waals surface area contributed by atoms with E-state index in [9.17, 15) is 9.59 Å². The van der Waals surface area contributed by atoms with Crippen LogP contribution in [-0.4, -0.2) is 26.2 Å². The number of terminal acetylenes is 2. The number of hydrogen-bond donors (Lipinski definition) is 0. The van der Waals surface area contributed by atoms with E-state index in [0.717, 1.165) is 73.7 Å². The molecule has 0 N–H and O–H groups in total. The normalized spacial score (nSPS) is 17.8. The average Bonchev–Trinajstić information content (AvgIpc) is 2.72. The summed E-state index contributed by atoms with van der Waals surface area (Å²) >= 11 is 0. The van der Waals surface area contributed by atoms with Gasteiger partial charge in [-0.15, -0.1) is 12.8 Å². The molecule has 0 amide bonds. The highest BCUT2D eigenvalue weighted by Gasteiger charge is 2.50. The van der Waals surface area contributed by atoms with Gasteiger partial charge in [0.25, 0.3) is 0 Å². The number of carbonyl (C=O) groups excluding carboxylic acids is 2. The van der Waals surface area contributed by atoms with Gasteiger partial charge in [0.15, 0.2) is 5.41 Å². The van der Waals surface area contributed by atoms with E-state index in [0.29, 0.717) is 0 Å². The molecular formula is C23H28O4. The SMILES string of the molecule is C#CC1=C(CC(CC2=C(C#C)CCCC2)(C(=O)OC)C(=O)OC)CCCC1. The summed E-state index contributed by atoms with van der Waals surface area (Å²) in [6.45, 7) is 0. The van der Waals surface area contributed by atoms with Crippen molar-refractivity contribution in [2.45, 2.75) is 64.2 Å². The van der Waals surface area contributed by atoms with Gasteiger partial charge in [0.05, 0.1) is 14.2 Å². The Morgan fingerprint density at radius 2 is 1.19 bits per heavy atom. The molecule has 27 heavy (non-hydrogen) atoms. The fraction of sp³-hybridized carbons (Fsp3) is 0.565. The number of esters is 2. The minimum absolute atomic E-state index is 0.229. The third kappa shape index (κ3) is 4.45. The Hall–Kier alpha value is -2.46. The van der Waals surface area contributed by atoms with E-state index in [1.54, 1.807) is 0 Å². The fourth-order valence-electron chi connectivity index (χ4n) is 4.23. The quantitative estimate of drug-likeness (QED) is 0.402. The summed E-state index contributed by atoms with van der Waals surface area (Å²) in [7, 11) is 2.60. The van der Waals surface area contributed by atoms with Crippen LogP contribution >= 0.6 is 0 Å². The summed E-state index contributed by atoms with van der Waals surface area (Å²) < 4.78 is 10.1. The van der Waals surface area contributed by atoms with Crippen molar-refractivity contribution < 1.29 is 19.1 Å². The number of ether oxygens (including phenoxy) is 2. The third-order valence-corrected chi connectivity index (χ3v) is 5.70. The van der Waals surface area contributed by atoms with Crippen LogP contribution in [0.5, 0.6) is 0 Å². The molecule has 0 saturated heterocycles. The second-order valence-electron chi connectivity index (χ2n) is 7.29. The summed E-state index contributed by atoms with van der Waals surface area (Å²) in [5.74, 6) is 4.32. The molecule has 0 saturated carbocycles. The van der Waals surface area contributed by atoms with Gasteiger partial charge >= 0.3 is 11.9 Å². The van der Waals surface area contributed by atoms with Crippen LogP contribution in [0.2, 0.25) is 0 Å². The molecule has 0 heterocycles. The second-order valence-corrected chi connectivity index (χ2v) is 7.29. The van der Waals surface area contributed by atoms with Crippen molar-refractivity contribution in [1.29, 1.82) is 0 Å². The fourth-order valence-corrected chi connectivity index (χ4v) is 4.23. The third-order valence-electron chi connectivity index (χ3n) is 5.70. The zero-order valence-corrected chi connectivity index (χ0v) is 16.4. The number of allylic oxidation sites excluding steroid dienone is 4. The molecule has 4 nitrogen and oxygen atoms in total. The number of hydrogen-bond acceptors (Lipinski definition) is 4. The molecule has 0 aromatic rings.